The molecule has 4 rings (SSSR count). The van der Waals surface area contributed by atoms with Crippen LogP contribution < -0.4 is 14.8 Å². The van der Waals surface area contributed by atoms with Gasteiger partial charge in [0.25, 0.3) is 5.91 Å². The highest BCUT2D eigenvalue weighted by atomic mass is 32.1. The van der Waals surface area contributed by atoms with Gasteiger partial charge in [0.15, 0.2) is 11.5 Å². The van der Waals surface area contributed by atoms with Crippen LogP contribution in [0.25, 0.3) is 0 Å². The van der Waals surface area contributed by atoms with Crippen LogP contribution in [0.1, 0.15) is 39.3 Å². The first kappa shape index (κ1) is 24.3. The van der Waals surface area contributed by atoms with Crippen molar-refractivity contribution in [2.45, 2.75) is 19.4 Å². The molecule has 0 radical (unpaired) electrons. The normalized spacial score (nSPS) is 15.6. The summed E-state index contributed by atoms with van der Waals surface area (Å²) in [5.74, 6) is 1.33. The molecule has 7 heteroatoms. The summed E-state index contributed by atoms with van der Waals surface area (Å²) >= 11 is 1.66. The Hall–Kier alpha value is -2.87. The molecule has 0 saturated carbocycles. The van der Waals surface area contributed by atoms with Gasteiger partial charge in [-0.15, -0.1) is 11.3 Å². The van der Waals surface area contributed by atoms with Gasteiger partial charge in [0.05, 0.1) is 20.3 Å². The summed E-state index contributed by atoms with van der Waals surface area (Å²) in [6.45, 7) is 6.04. The fourth-order valence-electron chi connectivity index (χ4n) is 4.39. The van der Waals surface area contributed by atoms with E-state index in [1.54, 1.807) is 25.6 Å². The zero-order valence-corrected chi connectivity index (χ0v) is 21.2. The zero-order valence-electron chi connectivity index (χ0n) is 20.3. The Morgan fingerprint density at radius 2 is 1.71 bits per heavy atom. The molecule has 0 bridgehead atoms. The van der Waals surface area contributed by atoms with Gasteiger partial charge in [-0.1, -0.05) is 31.2 Å². The number of nitrogens with one attached hydrogen (secondary N) is 1. The minimum atomic E-state index is -0.0872. The minimum absolute atomic E-state index is 0.00358. The van der Waals surface area contributed by atoms with E-state index < -0.39 is 0 Å². The molecule has 180 valence electrons. The van der Waals surface area contributed by atoms with Crippen LogP contribution in [0.2, 0.25) is 0 Å². The highest BCUT2D eigenvalue weighted by Crippen LogP contribution is 2.42. The third kappa shape index (κ3) is 5.27. The lowest BCUT2D eigenvalue weighted by molar-refractivity contribution is 0.102. The standard InChI is InChI=1S/C27H33N3O3S/c1-5-21-18-22(27(34-21)28-26(31)19-9-7-6-8-10-19)25(30-15-13-29(2)14-16-30)20-11-12-23(32-3)24(17-20)33-4/h6-12,17-18,25H,5,13-16H2,1-4H3,(H,28,31)/t25-/m1/s1. The van der Waals surface area contributed by atoms with Crippen molar-refractivity contribution in [1.29, 1.82) is 0 Å². The summed E-state index contributed by atoms with van der Waals surface area (Å²) in [4.78, 5) is 19.2. The molecule has 1 saturated heterocycles. The maximum absolute atomic E-state index is 13.1. The van der Waals surface area contributed by atoms with E-state index in [1.807, 2.05) is 36.4 Å². The quantitative estimate of drug-likeness (QED) is 0.497. The Balaban J connectivity index is 1.77. The number of hydrogen-bond acceptors (Lipinski definition) is 6. The second-order valence-corrected chi connectivity index (χ2v) is 9.66. The molecule has 34 heavy (non-hydrogen) atoms. The molecule has 0 unspecified atom stereocenters. The number of aryl methyl sites for hydroxylation is 1. The Morgan fingerprint density at radius 1 is 1.00 bits per heavy atom. The maximum Gasteiger partial charge on any atom is 0.256 e. The van der Waals surface area contributed by atoms with Crippen molar-refractivity contribution >= 4 is 22.2 Å². The van der Waals surface area contributed by atoms with Crippen LogP contribution in [0.3, 0.4) is 0 Å². The lowest BCUT2D eigenvalue weighted by Crippen LogP contribution is -2.46. The number of hydrogen-bond donors (Lipinski definition) is 1. The first-order chi connectivity index (χ1) is 16.5. The summed E-state index contributed by atoms with van der Waals surface area (Å²) in [6.07, 6.45) is 0.917. The molecule has 1 fully saturated rings. The number of rotatable bonds is 8. The SMILES string of the molecule is CCc1cc([C@@H](c2ccc(OC)c(OC)c2)N2CCN(C)CC2)c(NC(=O)c2ccccc2)s1. The Kier molecular flexibility index (Phi) is 7.88. The molecule has 2 heterocycles. The predicted octanol–water partition coefficient (Wildman–Crippen LogP) is 4.92. The number of anilines is 1. The Morgan fingerprint density at radius 3 is 2.35 bits per heavy atom. The average Bonchev–Trinajstić information content (AvgIpc) is 3.28. The van der Waals surface area contributed by atoms with Crippen LogP contribution in [0.15, 0.2) is 54.6 Å². The third-order valence-corrected chi connectivity index (χ3v) is 7.55. The first-order valence-corrected chi connectivity index (χ1v) is 12.5. The van der Waals surface area contributed by atoms with Gasteiger partial charge in [-0.25, -0.2) is 0 Å². The monoisotopic (exact) mass is 479 g/mol. The van der Waals surface area contributed by atoms with E-state index in [0.29, 0.717) is 17.1 Å². The highest BCUT2D eigenvalue weighted by molar-refractivity contribution is 7.16. The van der Waals surface area contributed by atoms with Crippen molar-refractivity contribution in [1.82, 2.24) is 9.80 Å². The van der Waals surface area contributed by atoms with Crippen LogP contribution in [0.5, 0.6) is 11.5 Å². The predicted molar refractivity (Wildman–Crippen MR) is 139 cm³/mol. The summed E-state index contributed by atoms with van der Waals surface area (Å²) in [5, 5.41) is 4.12. The fraction of sp³-hybridized carbons (Fsp3) is 0.370. The molecule has 1 amide bonds. The molecule has 2 aromatic carbocycles. The zero-order chi connectivity index (χ0) is 24.1. The molecule has 1 aliphatic rings. The number of nitrogens with zero attached hydrogens (tertiary/aromatic N) is 2. The first-order valence-electron chi connectivity index (χ1n) is 11.7. The van der Waals surface area contributed by atoms with E-state index in [-0.39, 0.29) is 11.9 Å². The van der Waals surface area contributed by atoms with Crippen molar-refractivity contribution in [3.05, 3.63) is 76.2 Å². The summed E-state index contributed by atoms with van der Waals surface area (Å²) in [5.41, 5.74) is 2.91. The molecule has 1 aromatic heterocycles. The van der Waals surface area contributed by atoms with Crippen LogP contribution in [-0.4, -0.2) is 63.2 Å². The highest BCUT2D eigenvalue weighted by Gasteiger charge is 2.30. The van der Waals surface area contributed by atoms with Crippen molar-refractivity contribution < 1.29 is 14.3 Å². The number of ether oxygens (including phenoxy) is 2. The topological polar surface area (TPSA) is 54.0 Å². The van der Waals surface area contributed by atoms with Gasteiger partial charge in [0.2, 0.25) is 0 Å². The number of thiophene rings is 1. The van der Waals surface area contributed by atoms with E-state index in [0.717, 1.165) is 48.7 Å². The molecular formula is C27H33N3O3S. The van der Waals surface area contributed by atoms with Gasteiger partial charge in [-0.2, -0.15) is 0 Å². The van der Waals surface area contributed by atoms with Crippen LogP contribution in [0.4, 0.5) is 5.00 Å². The van der Waals surface area contributed by atoms with Crippen LogP contribution in [-0.2, 0) is 6.42 Å². The lowest BCUT2D eigenvalue weighted by Gasteiger charge is -2.38. The molecule has 1 aliphatic heterocycles. The minimum Gasteiger partial charge on any atom is -0.493 e. The fourth-order valence-corrected chi connectivity index (χ4v) is 5.41. The average molecular weight is 480 g/mol. The summed E-state index contributed by atoms with van der Waals surface area (Å²) in [7, 11) is 5.48. The second-order valence-electron chi connectivity index (χ2n) is 8.53. The smallest absolute Gasteiger partial charge is 0.256 e. The maximum atomic E-state index is 13.1. The summed E-state index contributed by atoms with van der Waals surface area (Å²) in [6, 6.07) is 17.8. The molecule has 0 spiro atoms. The van der Waals surface area contributed by atoms with Gasteiger partial charge < -0.3 is 19.7 Å². The molecule has 3 aromatic rings. The van der Waals surface area contributed by atoms with Crippen molar-refractivity contribution in [2.75, 3.05) is 52.8 Å². The molecule has 1 N–H and O–H groups in total. The number of carbonyl (C=O) groups excluding carboxylic acids is 1. The molecule has 6 nitrogen and oxygen atoms in total. The summed E-state index contributed by atoms with van der Waals surface area (Å²) < 4.78 is 11.1. The van der Waals surface area contributed by atoms with Gasteiger partial charge in [0.1, 0.15) is 5.00 Å². The van der Waals surface area contributed by atoms with Crippen molar-refractivity contribution in [3.8, 4) is 11.5 Å². The van der Waals surface area contributed by atoms with Gasteiger partial charge in [-0.3, -0.25) is 9.69 Å². The van der Waals surface area contributed by atoms with Crippen molar-refractivity contribution in [3.63, 3.8) is 0 Å². The Bertz CT molecular complexity index is 1110. The second kappa shape index (κ2) is 11.0. The molecule has 0 aliphatic carbocycles. The van der Waals surface area contributed by atoms with Crippen molar-refractivity contribution in [2.24, 2.45) is 0 Å². The molecular weight excluding hydrogens is 446 g/mol. The van der Waals surface area contributed by atoms with E-state index in [2.05, 4.69) is 47.3 Å². The number of carbonyl (C=O) groups is 1. The number of benzene rings is 2. The number of amides is 1. The lowest BCUT2D eigenvalue weighted by atomic mass is 9.96. The van der Waals surface area contributed by atoms with Crippen LogP contribution >= 0.6 is 11.3 Å². The van der Waals surface area contributed by atoms with Gasteiger partial charge >= 0.3 is 0 Å². The molecule has 1 atom stereocenters. The van der Waals surface area contributed by atoms with E-state index in [4.69, 9.17) is 9.47 Å². The number of likely N-dealkylation sites (N-methyl/N-ethyl adjacent to an activating group) is 1. The Labute approximate surface area is 206 Å². The van der Waals surface area contributed by atoms with Gasteiger partial charge in [0, 0.05) is 42.2 Å². The number of piperazine rings is 1. The van der Waals surface area contributed by atoms with E-state index >= 15 is 0 Å². The largest absolute Gasteiger partial charge is 0.493 e. The van der Waals surface area contributed by atoms with E-state index in [1.165, 1.54) is 4.88 Å². The number of methoxy groups -OCH3 is 2. The third-order valence-electron chi connectivity index (χ3n) is 6.34. The van der Waals surface area contributed by atoms with Crippen LogP contribution in [0, 0.1) is 0 Å². The van der Waals surface area contributed by atoms with E-state index in [9.17, 15) is 4.79 Å². The van der Waals surface area contributed by atoms with Gasteiger partial charge in [-0.05, 0) is 49.4 Å².